The molecule has 0 spiro atoms. The number of aromatic nitrogens is 1. The highest BCUT2D eigenvalue weighted by molar-refractivity contribution is 7.22. The first-order chi connectivity index (χ1) is 9.10. The quantitative estimate of drug-likeness (QED) is 0.883. The maximum Gasteiger partial charge on any atom is 0.242 e. The van der Waals surface area contributed by atoms with E-state index in [-0.39, 0.29) is 11.9 Å². The molecule has 1 amide bonds. The summed E-state index contributed by atoms with van der Waals surface area (Å²) in [7, 11) is 0. The lowest BCUT2D eigenvalue weighted by Gasteiger charge is -2.12. The zero-order valence-electron chi connectivity index (χ0n) is 11.5. The molecule has 102 valence electrons. The molecule has 2 aromatic rings. The minimum Gasteiger partial charge on any atom is -0.354 e. The second-order valence-corrected chi connectivity index (χ2v) is 5.68. The Kier molecular flexibility index (Phi) is 4.37. The molecular weight excluding hydrogens is 258 g/mol. The molecule has 0 radical (unpaired) electrons. The number of aryl methyl sites for hydroxylation is 1. The van der Waals surface area contributed by atoms with Crippen LogP contribution in [0, 0.1) is 6.92 Å². The smallest absolute Gasteiger partial charge is 0.242 e. The van der Waals surface area contributed by atoms with E-state index in [0.717, 1.165) is 21.8 Å². The molecule has 2 N–H and O–H groups in total. The fourth-order valence-electron chi connectivity index (χ4n) is 1.75. The number of nitrogens with zero attached hydrogens (tertiary/aromatic N) is 1. The Labute approximate surface area is 117 Å². The van der Waals surface area contributed by atoms with Crippen LogP contribution in [0.1, 0.15) is 25.8 Å². The van der Waals surface area contributed by atoms with Crippen LogP contribution >= 0.6 is 11.3 Å². The van der Waals surface area contributed by atoms with E-state index in [2.05, 4.69) is 33.8 Å². The largest absolute Gasteiger partial charge is 0.354 e. The van der Waals surface area contributed by atoms with Gasteiger partial charge in [-0.3, -0.25) is 4.79 Å². The van der Waals surface area contributed by atoms with Gasteiger partial charge in [-0.1, -0.05) is 24.3 Å². The average molecular weight is 277 g/mol. The molecule has 0 saturated carbocycles. The van der Waals surface area contributed by atoms with Gasteiger partial charge in [0.1, 0.15) is 6.04 Å². The standard InChI is InChI=1S/C14H19N3OS/c1-4-7-15-13(18)10(3)16-14-17-11-8-9(2)5-6-12(11)19-14/h5-6,8,10H,4,7H2,1-3H3,(H,15,18)(H,16,17). The summed E-state index contributed by atoms with van der Waals surface area (Å²) < 4.78 is 1.13. The number of thiazole rings is 1. The molecule has 19 heavy (non-hydrogen) atoms. The first-order valence-electron chi connectivity index (χ1n) is 6.51. The molecule has 0 aliphatic heterocycles. The monoisotopic (exact) mass is 277 g/mol. The zero-order valence-corrected chi connectivity index (χ0v) is 12.3. The van der Waals surface area contributed by atoms with Gasteiger partial charge in [0.2, 0.25) is 5.91 Å². The number of rotatable bonds is 5. The van der Waals surface area contributed by atoms with Crippen molar-refractivity contribution in [2.24, 2.45) is 0 Å². The molecule has 1 aromatic heterocycles. The van der Waals surface area contributed by atoms with Gasteiger partial charge in [0.05, 0.1) is 10.2 Å². The lowest BCUT2D eigenvalue weighted by Crippen LogP contribution is -2.37. The Balaban J connectivity index is 2.06. The summed E-state index contributed by atoms with van der Waals surface area (Å²) in [4.78, 5) is 16.3. The maximum absolute atomic E-state index is 11.8. The van der Waals surface area contributed by atoms with E-state index in [9.17, 15) is 4.79 Å². The molecule has 1 atom stereocenters. The van der Waals surface area contributed by atoms with Crippen molar-refractivity contribution in [3.05, 3.63) is 23.8 Å². The van der Waals surface area contributed by atoms with Crippen molar-refractivity contribution in [1.29, 1.82) is 0 Å². The van der Waals surface area contributed by atoms with Crippen LogP contribution in [0.25, 0.3) is 10.2 Å². The summed E-state index contributed by atoms with van der Waals surface area (Å²) in [5.41, 5.74) is 2.17. The van der Waals surface area contributed by atoms with Crippen LogP contribution in [0.3, 0.4) is 0 Å². The van der Waals surface area contributed by atoms with Gasteiger partial charge in [-0.15, -0.1) is 0 Å². The number of carbonyl (C=O) groups excluding carboxylic acids is 1. The van der Waals surface area contributed by atoms with E-state index in [0.29, 0.717) is 6.54 Å². The average Bonchev–Trinajstić information content (AvgIpc) is 2.77. The van der Waals surface area contributed by atoms with Crippen molar-refractivity contribution in [2.75, 3.05) is 11.9 Å². The van der Waals surface area contributed by atoms with Crippen LogP contribution in [0.15, 0.2) is 18.2 Å². The molecule has 0 fully saturated rings. The van der Waals surface area contributed by atoms with Crippen LogP contribution in [0.4, 0.5) is 5.13 Å². The van der Waals surface area contributed by atoms with Crippen molar-refractivity contribution in [3.63, 3.8) is 0 Å². The molecule has 1 unspecified atom stereocenters. The van der Waals surface area contributed by atoms with E-state index in [1.165, 1.54) is 5.56 Å². The van der Waals surface area contributed by atoms with Crippen LogP contribution in [-0.4, -0.2) is 23.5 Å². The Morgan fingerprint density at radius 3 is 3.00 bits per heavy atom. The zero-order chi connectivity index (χ0) is 13.8. The Morgan fingerprint density at radius 2 is 2.26 bits per heavy atom. The molecule has 0 bridgehead atoms. The molecular formula is C14H19N3OS. The van der Waals surface area contributed by atoms with Gasteiger partial charge in [-0.2, -0.15) is 0 Å². The molecule has 4 nitrogen and oxygen atoms in total. The SMILES string of the molecule is CCCNC(=O)C(C)Nc1nc2cc(C)ccc2s1. The van der Waals surface area contributed by atoms with Gasteiger partial charge in [-0.05, 0) is 38.0 Å². The maximum atomic E-state index is 11.8. The van der Waals surface area contributed by atoms with E-state index in [1.807, 2.05) is 20.8 Å². The number of benzene rings is 1. The van der Waals surface area contributed by atoms with E-state index < -0.39 is 0 Å². The predicted molar refractivity (Wildman–Crippen MR) is 80.7 cm³/mol. The number of amides is 1. The number of fused-ring (bicyclic) bond motifs is 1. The van der Waals surface area contributed by atoms with E-state index in [1.54, 1.807) is 11.3 Å². The Hall–Kier alpha value is -1.62. The molecule has 1 heterocycles. The summed E-state index contributed by atoms with van der Waals surface area (Å²) in [6.45, 7) is 6.65. The van der Waals surface area contributed by atoms with Crippen molar-refractivity contribution in [3.8, 4) is 0 Å². The summed E-state index contributed by atoms with van der Waals surface area (Å²) in [5.74, 6) is 0.0114. The topological polar surface area (TPSA) is 54.0 Å². The number of nitrogens with one attached hydrogen (secondary N) is 2. The molecule has 1 aromatic carbocycles. The first kappa shape index (κ1) is 13.8. The number of carbonyl (C=O) groups is 1. The lowest BCUT2D eigenvalue weighted by atomic mass is 10.2. The van der Waals surface area contributed by atoms with Crippen LogP contribution in [0.5, 0.6) is 0 Å². The fourth-order valence-corrected chi connectivity index (χ4v) is 2.68. The fraction of sp³-hybridized carbons (Fsp3) is 0.429. The van der Waals surface area contributed by atoms with E-state index >= 15 is 0 Å². The van der Waals surface area contributed by atoms with Crippen LogP contribution < -0.4 is 10.6 Å². The Morgan fingerprint density at radius 1 is 1.47 bits per heavy atom. The molecule has 0 saturated heterocycles. The summed E-state index contributed by atoms with van der Waals surface area (Å²) in [6, 6.07) is 5.92. The van der Waals surface area contributed by atoms with Gasteiger partial charge in [0.15, 0.2) is 5.13 Å². The second-order valence-electron chi connectivity index (χ2n) is 4.65. The van der Waals surface area contributed by atoms with Crippen molar-refractivity contribution >= 4 is 32.6 Å². The number of hydrogen-bond acceptors (Lipinski definition) is 4. The summed E-state index contributed by atoms with van der Waals surface area (Å²) >= 11 is 1.57. The molecule has 2 rings (SSSR count). The third-order valence-electron chi connectivity index (χ3n) is 2.83. The van der Waals surface area contributed by atoms with Crippen molar-refractivity contribution in [2.45, 2.75) is 33.2 Å². The second kappa shape index (κ2) is 6.02. The first-order valence-corrected chi connectivity index (χ1v) is 7.33. The molecule has 5 heteroatoms. The minimum atomic E-state index is -0.270. The lowest BCUT2D eigenvalue weighted by molar-refractivity contribution is -0.121. The van der Waals surface area contributed by atoms with Gasteiger partial charge in [0, 0.05) is 6.54 Å². The van der Waals surface area contributed by atoms with Gasteiger partial charge >= 0.3 is 0 Å². The highest BCUT2D eigenvalue weighted by atomic mass is 32.1. The predicted octanol–water partition coefficient (Wildman–Crippen LogP) is 2.93. The summed E-state index contributed by atoms with van der Waals surface area (Å²) in [6.07, 6.45) is 0.943. The molecule has 0 aliphatic rings. The van der Waals surface area contributed by atoms with Crippen LogP contribution in [-0.2, 0) is 4.79 Å². The third-order valence-corrected chi connectivity index (χ3v) is 3.79. The van der Waals surface area contributed by atoms with Gasteiger partial charge < -0.3 is 10.6 Å². The van der Waals surface area contributed by atoms with E-state index in [4.69, 9.17) is 0 Å². The van der Waals surface area contributed by atoms with Gasteiger partial charge in [0.25, 0.3) is 0 Å². The highest BCUT2D eigenvalue weighted by Gasteiger charge is 2.13. The van der Waals surface area contributed by atoms with Crippen LogP contribution in [0.2, 0.25) is 0 Å². The molecule has 0 aliphatic carbocycles. The number of hydrogen-bond donors (Lipinski definition) is 2. The minimum absolute atomic E-state index is 0.0114. The third kappa shape index (κ3) is 3.44. The van der Waals surface area contributed by atoms with Crippen molar-refractivity contribution in [1.82, 2.24) is 10.3 Å². The Bertz CT molecular complexity index is 579. The van der Waals surface area contributed by atoms with Gasteiger partial charge in [-0.25, -0.2) is 4.98 Å². The highest BCUT2D eigenvalue weighted by Crippen LogP contribution is 2.26. The van der Waals surface area contributed by atoms with Crippen molar-refractivity contribution < 1.29 is 4.79 Å². The summed E-state index contributed by atoms with van der Waals surface area (Å²) in [5, 5.41) is 6.82. The normalized spacial score (nSPS) is 12.4. The number of anilines is 1.